The highest BCUT2D eigenvalue weighted by atomic mass is 35.5. The molecule has 2 aliphatic rings. The van der Waals surface area contributed by atoms with Crippen LogP contribution in [0.4, 0.5) is 0 Å². The Morgan fingerprint density at radius 2 is 2.12 bits per heavy atom. The predicted octanol–water partition coefficient (Wildman–Crippen LogP) is 0.703. The summed E-state index contributed by atoms with van der Waals surface area (Å²) in [6.45, 7) is 2.98. The third-order valence-corrected chi connectivity index (χ3v) is 3.26. The van der Waals surface area contributed by atoms with Gasteiger partial charge in [-0.25, -0.2) is 0 Å². The lowest BCUT2D eigenvalue weighted by molar-refractivity contribution is -0.134. The van der Waals surface area contributed by atoms with Gasteiger partial charge in [0.15, 0.2) is 0 Å². The van der Waals surface area contributed by atoms with Gasteiger partial charge in [0, 0.05) is 19.6 Å². The van der Waals surface area contributed by atoms with Gasteiger partial charge in [0.2, 0.25) is 5.91 Å². The third kappa shape index (κ3) is 3.92. The number of carbonyl (C=O) groups excluding carboxylic acids is 1. The molecule has 1 saturated heterocycles. The fourth-order valence-electron chi connectivity index (χ4n) is 2.31. The van der Waals surface area contributed by atoms with E-state index in [1.807, 2.05) is 0 Å². The Morgan fingerprint density at radius 1 is 1.38 bits per heavy atom. The van der Waals surface area contributed by atoms with Crippen LogP contribution in [0, 0.1) is 5.92 Å². The van der Waals surface area contributed by atoms with Crippen molar-refractivity contribution in [2.75, 3.05) is 26.2 Å². The predicted molar refractivity (Wildman–Crippen MR) is 64.8 cm³/mol. The molecule has 4 nitrogen and oxygen atoms in total. The molecule has 0 aromatic carbocycles. The van der Waals surface area contributed by atoms with E-state index in [0.29, 0.717) is 19.1 Å². The number of hydrogen-bond donors (Lipinski definition) is 2. The molecule has 1 aliphatic heterocycles. The zero-order valence-corrected chi connectivity index (χ0v) is 10.4. The van der Waals surface area contributed by atoms with Gasteiger partial charge in [-0.15, -0.1) is 12.4 Å². The van der Waals surface area contributed by atoms with Gasteiger partial charge in [0.25, 0.3) is 0 Å². The lowest BCUT2D eigenvalue weighted by Crippen LogP contribution is -2.48. The molecule has 0 spiro atoms. The summed E-state index contributed by atoms with van der Waals surface area (Å²) < 4.78 is 5.38. The summed E-state index contributed by atoms with van der Waals surface area (Å²) in [4.78, 5) is 11.7. The van der Waals surface area contributed by atoms with Gasteiger partial charge in [0.05, 0.1) is 6.61 Å². The molecule has 94 valence electrons. The topological polar surface area (TPSA) is 50.4 Å². The van der Waals surface area contributed by atoms with Crippen LogP contribution >= 0.6 is 12.4 Å². The third-order valence-electron chi connectivity index (χ3n) is 3.26. The molecule has 2 fully saturated rings. The number of nitrogens with one attached hydrogen (secondary N) is 2. The molecule has 1 heterocycles. The van der Waals surface area contributed by atoms with Crippen LogP contribution in [0.3, 0.4) is 0 Å². The van der Waals surface area contributed by atoms with Crippen LogP contribution in [0.25, 0.3) is 0 Å². The van der Waals surface area contributed by atoms with Crippen LogP contribution in [0.2, 0.25) is 0 Å². The van der Waals surface area contributed by atoms with Crippen molar-refractivity contribution < 1.29 is 9.53 Å². The average Bonchev–Trinajstić information content (AvgIpc) is 2.80. The van der Waals surface area contributed by atoms with E-state index in [-0.39, 0.29) is 24.4 Å². The highest BCUT2D eigenvalue weighted by Crippen LogP contribution is 2.23. The van der Waals surface area contributed by atoms with Crippen LogP contribution in [0.15, 0.2) is 0 Å². The summed E-state index contributed by atoms with van der Waals surface area (Å²) in [5.41, 5.74) is 0. The molecule has 0 bridgehead atoms. The minimum atomic E-state index is -0.278. The lowest BCUT2D eigenvalue weighted by Gasteiger charge is -2.23. The normalized spacial score (nSPS) is 26.1. The van der Waals surface area contributed by atoms with Gasteiger partial charge in [0.1, 0.15) is 6.10 Å². The zero-order chi connectivity index (χ0) is 10.5. The average molecular weight is 249 g/mol. The van der Waals surface area contributed by atoms with Crippen molar-refractivity contribution in [1.82, 2.24) is 10.6 Å². The van der Waals surface area contributed by atoms with Gasteiger partial charge in [-0.2, -0.15) is 0 Å². The minimum Gasteiger partial charge on any atom is -0.366 e. The maximum atomic E-state index is 11.7. The van der Waals surface area contributed by atoms with Gasteiger partial charge in [-0.1, -0.05) is 12.8 Å². The summed E-state index contributed by atoms with van der Waals surface area (Å²) in [5.74, 6) is 0.750. The largest absolute Gasteiger partial charge is 0.366 e. The summed E-state index contributed by atoms with van der Waals surface area (Å²) in [5, 5.41) is 6.15. The highest BCUT2D eigenvalue weighted by molar-refractivity contribution is 5.85. The van der Waals surface area contributed by atoms with Gasteiger partial charge in [-0.05, 0) is 18.8 Å². The van der Waals surface area contributed by atoms with Gasteiger partial charge < -0.3 is 15.4 Å². The van der Waals surface area contributed by atoms with Crippen molar-refractivity contribution in [1.29, 1.82) is 0 Å². The summed E-state index contributed by atoms with van der Waals surface area (Å²) in [6.07, 6.45) is 4.90. The number of halogens is 1. The number of ether oxygens (including phenoxy) is 1. The number of hydrogen-bond acceptors (Lipinski definition) is 3. The van der Waals surface area contributed by atoms with Gasteiger partial charge in [-0.3, -0.25) is 4.79 Å². The first-order valence-electron chi connectivity index (χ1n) is 5.96. The van der Waals surface area contributed by atoms with E-state index in [4.69, 9.17) is 4.74 Å². The first-order chi connectivity index (χ1) is 7.36. The SMILES string of the molecule is Cl.O=C(NCC1CCCC1)[C@H]1CNCCO1. The lowest BCUT2D eigenvalue weighted by atomic mass is 10.1. The molecule has 0 aromatic rings. The Bertz CT molecular complexity index is 214. The highest BCUT2D eigenvalue weighted by Gasteiger charge is 2.23. The number of morpholine rings is 1. The van der Waals surface area contributed by atoms with E-state index < -0.39 is 0 Å². The first-order valence-corrected chi connectivity index (χ1v) is 5.96. The smallest absolute Gasteiger partial charge is 0.250 e. The van der Waals surface area contributed by atoms with Crippen LogP contribution in [-0.4, -0.2) is 38.3 Å². The van der Waals surface area contributed by atoms with Crippen molar-refractivity contribution >= 4 is 18.3 Å². The van der Waals surface area contributed by atoms with E-state index in [2.05, 4.69) is 10.6 Å². The number of carbonyl (C=O) groups is 1. The molecular formula is C11H21ClN2O2. The van der Waals surface area contributed by atoms with Crippen molar-refractivity contribution in [3.63, 3.8) is 0 Å². The maximum Gasteiger partial charge on any atom is 0.250 e. The first kappa shape index (κ1) is 13.7. The van der Waals surface area contributed by atoms with Crippen LogP contribution in [-0.2, 0) is 9.53 Å². The fraction of sp³-hybridized carbons (Fsp3) is 0.909. The summed E-state index contributed by atoms with van der Waals surface area (Å²) in [7, 11) is 0. The zero-order valence-electron chi connectivity index (χ0n) is 9.54. The maximum absolute atomic E-state index is 11.7. The van der Waals surface area contributed by atoms with Crippen LogP contribution in [0.5, 0.6) is 0 Å². The molecule has 1 atom stereocenters. The van der Waals surface area contributed by atoms with Crippen LogP contribution in [0.1, 0.15) is 25.7 Å². The Hall–Kier alpha value is -0.320. The van der Waals surface area contributed by atoms with E-state index in [1.165, 1.54) is 25.7 Å². The molecule has 1 aliphatic carbocycles. The number of rotatable bonds is 3. The van der Waals surface area contributed by atoms with E-state index >= 15 is 0 Å². The van der Waals surface area contributed by atoms with Crippen molar-refractivity contribution in [3.05, 3.63) is 0 Å². The summed E-state index contributed by atoms with van der Waals surface area (Å²) in [6, 6.07) is 0. The minimum absolute atomic E-state index is 0. The Labute approximate surface area is 103 Å². The van der Waals surface area contributed by atoms with Crippen molar-refractivity contribution in [2.45, 2.75) is 31.8 Å². The van der Waals surface area contributed by atoms with Crippen molar-refractivity contribution in [2.24, 2.45) is 5.92 Å². The van der Waals surface area contributed by atoms with E-state index in [9.17, 15) is 4.79 Å². The molecule has 0 unspecified atom stereocenters. The molecule has 1 amide bonds. The quantitative estimate of drug-likeness (QED) is 0.773. The number of amides is 1. The molecule has 2 N–H and O–H groups in total. The summed E-state index contributed by atoms with van der Waals surface area (Å²) >= 11 is 0. The molecule has 2 rings (SSSR count). The van der Waals surface area contributed by atoms with E-state index in [0.717, 1.165) is 13.1 Å². The molecule has 0 radical (unpaired) electrons. The second kappa shape index (κ2) is 7.09. The Balaban J connectivity index is 0.00000128. The molecular weight excluding hydrogens is 228 g/mol. The fourth-order valence-corrected chi connectivity index (χ4v) is 2.31. The monoisotopic (exact) mass is 248 g/mol. The Morgan fingerprint density at radius 3 is 2.75 bits per heavy atom. The second-order valence-corrected chi connectivity index (χ2v) is 4.46. The molecule has 16 heavy (non-hydrogen) atoms. The van der Waals surface area contributed by atoms with E-state index in [1.54, 1.807) is 0 Å². The Kier molecular flexibility index (Phi) is 6.09. The van der Waals surface area contributed by atoms with Gasteiger partial charge >= 0.3 is 0 Å². The second-order valence-electron chi connectivity index (χ2n) is 4.46. The van der Waals surface area contributed by atoms with Crippen molar-refractivity contribution in [3.8, 4) is 0 Å². The van der Waals surface area contributed by atoms with Crippen LogP contribution < -0.4 is 10.6 Å². The standard InChI is InChI=1S/C11H20N2O2.ClH/c14-11(10-8-12-5-6-15-10)13-7-9-3-1-2-4-9;/h9-10,12H,1-8H2,(H,13,14);1H/t10-;/m1./s1. The molecule has 5 heteroatoms. The molecule has 0 aromatic heterocycles. The molecule has 1 saturated carbocycles.